The van der Waals surface area contributed by atoms with Crippen molar-refractivity contribution in [2.45, 2.75) is 38.5 Å². The molecule has 0 amide bonds. The largest absolute Gasteiger partial charge is 0.490 e. The molecule has 1 fully saturated rings. The summed E-state index contributed by atoms with van der Waals surface area (Å²) in [5.41, 5.74) is 1.30. The number of rotatable bonds is 2. The summed E-state index contributed by atoms with van der Waals surface area (Å²) in [5, 5.41) is 0. The zero-order chi connectivity index (χ0) is 9.80. The fourth-order valence-corrected chi connectivity index (χ4v) is 2.00. The molecule has 1 aliphatic heterocycles. The Kier molecular flexibility index (Phi) is 3.02. The molecular formula is C12H16O2. The zero-order valence-electron chi connectivity index (χ0n) is 8.42. The van der Waals surface area contributed by atoms with Crippen LogP contribution in [0.25, 0.3) is 0 Å². The van der Waals surface area contributed by atoms with Crippen molar-refractivity contribution in [3.63, 3.8) is 0 Å². The van der Waals surface area contributed by atoms with Gasteiger partial charge in [0.1, 0.15) is 0 Å². The van der Waals surface area contributed by atoms with E-state index >= 15 is 0 Å². The molecule has 2 nitrogen and oxygen atoms in total. The minimum Gasteiger partial charge on any atom is -0.490 e. The Hall–Kier alpha value is -1.05. The third-order valence-corrected chi connectivity index (χ3v) is 2.78. The molecule has 0 atom stereocenters. The van der Waals surface area contributed by atoms with Gasteiger partial charge in [-0.1, -0.05) is 12.0 Å². The standard InChI is InChI=1S/C12H16O2/c13-11(12-7-4-8-14-12)9-10-5-2-1-3-6-10/h7,9H,1-6,8H2. The molecule has 1 aliphatic carbocycles. The van der Waals surface area contributed by atoms with Crippen LogP contribution in [0, 0.1) is 0 Å². The topological polar surface area (TPSA) is 26.3 Å². The summed E-state index contributed by atoms with van der Waals surface area (Å²) >= 11 is 0. The van der Waals surface area contributed by atoms with E-state index in [1.807, 2.05) is 6.08 Å². The van der Waals surface area contributed by atoms with E-state index in [0.717, 1.165) is 19.3 Å². The average molecular weight is 192 g/mol. The first-order chi connectivity index (χ1) is 6.86. The van der Waals surface area contributed by atoms with Crippen LogP contribution in [0.3, 0.4) is 0 Å². The molecule has 0 aromatic carbocycles. The highest BCUT2D eigenvalue weighted by Gasteiger charge is 2.14. The predicted molar refractivity (Wildman–Crippen MR) is 54.8 cm³/mol. The molecule has 2 aliphatic rings. The number of hydrogen-bond acceptors (Lipinski definition) is 2. The van der Waals surface area contributed by atoms with Crippen LogP contribution < -0.4 is 0 Å². The Morgan fingerprint density at radius 3 is 2.71 bits per heavy atom. The number of hydrogen-bond donors (Lipinski definition) is 0. The highest BCUT2D eigenvalue weighted by atomic mass is 16.5. The summed E-state index contributed by atoms with van der Waals surface area (Å²) in [7, 11) is 0. The van der Waals surface area contributed by atoms with Crippen LogP contribution in [0.4, 0.5) is 0 Å². The van der Waals surface area contributed by atoms with Crippen LogP contribution in [0.1, 0.15) is 38.5 Å². The van der Waals surface area contributed by atoms with Crippen molar-refractivity contribution in [3.8, 4) is 0 Å². The summed E-state index contributed by atoms with van der Waals surface area (Å²) in [5.74, 6) is 0.627. The van der Waals surface area contributed by atoms with Crippen molar-refractivity contribution < 1.29 is 9.53 Å². The van der Waals surface area contributed by atoms with Gasteiger partial charge < -0.3 is 4.74 Å². The van der Waals surface area contributed by atoms with Gasteiger partial charge in [0.15, 0.2) is 5.76 Å². The molecule has 2 heteroatoms. The summed E-state index contributed by atoms with van der Waals surface area (Å²) < 4.78 is 5.22. The van der Waals surface area contributed by atoms with Crippen LogP contribution in [-0.2, 0) is 9.53 Å². The number of ether oxygens (including phenoxy) is 1. The van der Waals surface area contributed by atoms with E-state index in [1.54, 1.807) is 6.08 Å². The summed E-state index contributed by atoms with van der Waals surface area (Å²) in [4.78, 5) is 11.6. The van der Waals surface area contributed by atoms with E-state index in [-0.39, 0.29) is 5.78 Å². The monoisotopic (exact) mass is 192 g/mol. The van der Waals surface area contributed by atoms with Gasteiger partial charge in [0.2, 0.25) is 5.78 Å². The highest BCUT2D eigenvalue weighted by Crippen LogP contribution is 2.23. The maximum Gasteiger partial charge on any atom is 0.219 e. The Balaban J connectivity index is 1.97. The smallest absolute Gasteiger partial charge is 0.219 e. The third-order valence-electron chi connectivity index (χ3n) is 2.78. The lowest BCUT2D eigenvalue weighted by Crippen LogP contribution is -2.02. The molecule has 0 spiro atoms. The number of ketones is 1. The summed E-state index contributed by atoms with van der Waals surface area (Å²) in [6, 6.07) is 0. The van der Waals surface area contributed by atoms with Crippen molar-refractivity contribution in [2.24, 2.45) is 0 Å². The second-order valence-corrected chi connectivity index (χ2v) is 3.93. The van der Waals surface area contributed by atoms with Gasteiger partial charge in [0.25, 0.3) is 0 Å². The van der Waals surface area contributed by atoms with E-state index in [1.165, 1.54) is 24.8 Å². The lowest BCUT2D eigenvalue weighted by molar-refractivity contribution is -0.114. The normalized spacial score (nSPS) is 21.4. The van der Waals surface area contributed by atoms with Gasteiger partial charge in [-0.3, -0.25) is 4.79 Å². The third kappa shape index (κ3) is 2.25. The number of carbonyl (C=O) groups is 1. The van der Waals surface area contributed by atoms with Crippen LogP contribution >= 0.6 is 0 Å². The van der Waals surface area contributed by atoms with Crippen molar-refractivity contribution in [3.05, 3.63) is 23.5 Å². The van der Waals surface area contributed by atoms with E-state index < -0.39 is 0 Å². The minimum atomic E-state index is 0.0689. The fraction of sp³-hybridized carbons (Fsp3) is 0.583. The first-order valence-corrected chi connectivity index (χ1v) is 5.43. The number of carbonyl (C=O) groups excluding carboxylic acids is 1. The van der Waals surface area contributed by atoms with Gasteiger partial charge in [0.05, 0.1) is 6.61 Å². The Morgan fingerprint density at radius 2 is 2.07 bits per heavy atom. The molecule has 0 radical (unpaired) electrons. The van der Waals surface area contributed by atoms with Gasteiger partial charge in [-0.2, -0.15) is 0 Å². The van der Waals surface area contributed by atoms with Crippen molar-refractivity contribution in [1.82, 2.24) is 0 Å². The second kappa shape index (κ2) is 4.45. The predicted octanol–water partition coefficient (Wildman–Crippen LogP) is 2.75. The van der Waals surface area contributed by atoms with Crippen LogP contribution in [0.2, 0.25) is 0 Å². The molecule has 0 unspecified atom stereocenters. The van der Waals surface area contributed by atoms with Crippen LogP contribution in [-0.4, -0.2) is 12.4 Å². The van der Waals surface area contributed by atoms with Crippen LogP contribution in [0.15, 0.2) is 23.5 Å². The quantitative estimate of drug-likeness (QED) is 0.629. The molecule has 14 heavy (non-hydrogen) atoms. The zero-order valence-corrected chi connectivity index (χ0v) is 8.42. The second-order valence-electron chi connectivity index (χ2n) is 3.93. The SMILES string of the molecule is O=C(C=C1CCCCC1)C1=CCCO1. The number of allylic oxidation sites excluding steroid dienone is 2. The van der Waals surface area contributed by atoms with Gasteiger partial charge in [-0.05, 0) is 37.8 Å². The molecule has 0 aromatic rings. The van der Waals surface area contributed by atoms with Gasteiger partial charge in [-0.15, -0.1) is 0 Å². The first kappa shape index (κ1) is 9.50. The maximum atomic E-state index is 11.6. The van der Waals surface area contributed by atoms with E-state index in [0.29, 0.717) is 12.4 Å². The summed E-state index contributed by atoms with van der Waals surface area (Å²) in [6.07, 6.45) is 10.5. The molecule has 2 rings (SSSR count). The van der Waals surface area contributed by atoms with Gasteiger partial charge in [0, 0.05) is 6.42 Å². The fourth-order valence-electron chi connectivity index (χ4n) is 2.00. The Labute approximate surface area is 84.6 Å². The van der Waals surface area contributed by atoms with Crippen molar-refractivity contribution in [2.75, 3.05) is 6.61 Å². The van der Waals surface area contributed by atoms with Crippen molar-refractivity contribution >= 4 is 5.78 Å². The molecule has 1 heterocycles. The molecule has 0 bridgehead atoms. The van der Waals surface area contributed by atoms with Gasteiger partial charge in [-0.25, -0.2) is 0 Å². The minimum absolute atomic E-state index is 0.0689. The lowest BCUT2D eigenvalue weighted by Gasteiger charge is -2.12. The van der Waals surface area contributed by atoms with Crippen molar-refractivity contribution in [1.29, 1.82) is 0 Å². The maximum absolute atomic E-state index is 11.6. The summed E-state index contributed by atoms with van der Waals surface area (Å²) in [6.45, 7) is 0.671. The highest BCUT2D eigenvalue weighted by molar-refractivity contribution is 6.03. The molecule has 76 valence electrons. The van der Waals surface area contributed by atoms with Gasteiger partial charge >= 0.3 is 0 Å². The van der Waals surface area contributed by atoms with E-state index in [2.05, 4.69) is 0 Å². The molecule has 1 saturated carbocycles. The Bertz CT molecular complexity index is 279. The lowest BCUT2D eigenvalue weighted by atomic mass is 9.94. The average Bonchev–Trinajstić information content (AvgIpc) is 2.72. The van der Waals surface area contributed by atoms with E-state index in [9.17, 15) is 4.79 Å². The van der Waals surface area contributed by atoms with E-state index in [4.69, 9.17) is 4.74 Å². The molecular weight excluding hydrogens is 176 g/mol. The molecule has 0 aromatic heterocycles. The molecule has 0 saturated heterocycles. The Morgan fingerprint density at radius 1 is 1.29 bits per heavy atom. The first-order valence-electron chi connectivity index (χ1n) is 5.43. The van der Waals surface area contributed by atoms with Crippen LogP contribution in [0.5, 0.6) is 0 Å². The molecule has 0 N–H and O–H groups in total.